The molecule has 3 nitrogen and oxygen atoms in total. The van der Waals surface area contributed by atoms with E-state index in [0.717, 1.165) is 25.9 Å². The summed E-state index contributed by atoms with van der Waals surface area (Å²) >= 11 is 0. The fourth-order valence-corrected chi connectivity index (χ4v) is 1.68. The van der Waals surface area contributed by atoms with E-state index >= 15 is 0 Å². The molecule has 0 aromatic rings. The van der Waals surface area contributed by atoms with Crippen LogP contribution in [-0.2, 0) is 4.79 Å². The molecule has 3 heteroatoms. The first-order chi connectivity index (χ1) is 6.15. The van der Waals surface area contributed by atoms with Crippen LogP contribution in [0.25, 0.3) is 0 Å². The third-order valence-corrected chi connectivity index (χ3v) is 2.77. The van der Waals surface area contributed by atoms with E-state index in [2.05, 4.69) is 13.8 Å². The van der Waals surface area contributed by atoms with Gasteiger partial charge in [-0.3, -0.25) is 4.79 Å². The van der Waals surface area contributed by atoms with Gasteiger partial charge in [-0.2, -0.15) is 0 Å². The van der Waals surface area contributed by atoms with Crippen LogP contribution in [0.3, 0.4) is 0 Å². The molecule has 1 rings (SSSR count). The number of amides is 1. The van der Waals surface area contributed by atoms with Crippen molar-refractivity contribution in [3.8, 4) is 0 Å². The van der Waals surface area contributed by atoms with Crippen molar-refractivity contribution >= 4 is 5.91 Å². The van der Waals surface area contributed by atoms with Crippen molar-refractivity contribution in [2.45, 2.75) is 39.2 Å². The smallest absolute Gasteiger partial charge is 0.222 e. The maximum absolute atomic E-state index is 11.6. The van der Waals surface area contributed by atoms with Crippen LogP contribution in [0.2, 0.25) is 0 Å². The summed E-state index contributed by atoms with van der Waals surface area (Å²) < 4.78 is 0. The van der Waals surface area contributed by atoms with E-state index in [4.69, 9.17) is 5.73 Å². The molecule has 2 atom stereocenters. The second kappa shape index (κ2) is 4.61. The summed E-state index contributed by atoms with van der Waals surface area (Å²) in [5, 5.41) is 0. The number of carbonyl (C=O) groups excluding carboxylic acids is 1. The molecule has 1 amide bonds. The predicted molar refractivity (Wildman–Crippen MR) is 53.2 cm³/mol. The Morgan fingerprint density at radius 1 is 1.54 bits per heavy atom. The van der Waals surface area contributed by atoms with Crippen molar-refractivity contribution in [1.82, 2.24) is 4.90 Å². The van der Waals surface area contributed by atoms with Crippen LogP contribution in [0, 0.1) is 5.92 Å². The van der Waals surface area contributed by atoms with E-state index in [1.54, 1.807) is 0 Å². The van der Waals surface area contributed by atoms with Gasteiger partial charge in [0, 0.05) is 25.6 Å². The molecule has 1 aliphatic heterocycles. The third kappa shape index (κ3) is 2.69. The van der Waals surface area contributed by atoms with Gasteiger partial charge in [-0.15, -0.1) is 0 Å². The quantitative estimate of drug-likeness (QED) is 0.710. The van der Waals surface area contributed by atoms with Gasteiger partial charge in [-0.25, -0.2) is 0 Å². The summed E-state index contributed by atoms with van der Waals surface area (Å²) in [7, 11) is 0. The number of hydrogen-bond acceptors (Lipinski definition) is 2. The topological polar surface area (TPSA) is 46.3 Å². The molecule has 2 unspecified atom stereocenters. The molecule has 76 valence electrons. The number of rotatable bonds is 3. The summed E-state index contributed by atoms with van der Waals surface area (Å²) in [5.74, 6) is 0.743. The number of likely N-dealkylation sites (tertiary alicyclic amines) is 1. The zero-order chi connectivity index (χ0) is 9.84. The van der Waals surface area contributed by atoms with E-state index < -0.39 is 0 Å². The highest BCUT2D eigenvalue weighted by Gasteiger charge is 2.28. The second-order valence-corrected chi connectivity index (χ2v) is 4.04. The first-order valence-corrected chi connectivity index (χ1v) is 5.18. The molecular formula is C10H20N2O. The third-order valence-electron chi connectivity index (χ3n) is 2.77. The van der Waals surface area contributed by atoms with E-state index in [-0.39, 0.29) is 11.9 Å². The Labute approximate surface area is 80.3 Å². The zero-order valence-electron chi connectivity index (χ0n) is 8.62. The standard InChI is InChI=1S/C10H20N2O/c1-3-4-5-10(13)12-6-8(2)9(11)7-12/h8-9H,3-7,11H2,1-2H3. The summed E-state index contributed by atoms with van der Waals surface area (Å²) in [6.45, 7) is 5.82. The molecule has 0 radical (unpaired) electrons. The van der Waals surface area contributed by atoms with Gasteiger partial charge in [0.2, 0.25) is 5.91 Å². The minimum absolute atomic E-state index is 0.186. The van der Waals surface area contributed by atoms with Crippen LogP contribution in [0.4, 0.5) is 0 Å². The Kier molecular flexibility index (Phi) is 3.72. The lowest BCUT2D eigenvalue weighted by Crippen LogP contribution is -2.31. The first-order valence-electron chi connectivity index (χ1n) is 5.18. The monoisotopic (exact) mass is 184 g/mol. The lowest BCUT2D eigenvalue weighted by atomic mass is 10.1. The van der Waals surface area contributed by atoms with E-state index in [9.17, 15) is 4.79 Å². The zero-order valence-corrected chi connectivity index (χ0v) is 8.62. The average Bonchev–Trinajstić information content (AvgIpc) is 2.43. The Morgan fingerprint density at radius 3 is 2.69 bits per heavy atom. The molecule has 1 saturated heterocycles. The highest BCUT2D eigenvalue weighted by atomic mass is 16.2. The number of unbranched alkanes of at least 4 members (excludes halogenated alkanes) is 1. The fraction of sp³-hybridized carbons (Fsp3) is 0.900. The highest BCUT2D eigenvalue weighted by Crippen LogP contribution is 2.15. The Morgan fingerprint density at radius 2 is 2.23 bits per heavy atom. The molecule has 0 aromatic heterocycles. The van der Waals surface area contributed by atoms with Crippen molar-refractivity contribution in [1.29, 1.82) is 0 Å². The predicted octanol–water partition coefficient (Wildman–Crippen LogP) is 0.982. The van der Waals surface area contributed by atoms with Gasteiger partial charge >= 0.3 is 0 Å². The number of nitrogens with zero attached hydrogens (tertiary/aromatic N) is 1. The molecule has 13 heavy (non-hydrogen) atoms. The molecule has 2 N–H and O–H groups in total. The van der Waals surface area contributed by atoms with Gasteiger partial charge in [-0.05, 0) is 12.3 Å². The van der Waals surface area contributed by atoms with Crippen LogP contribution in [-0.4, -0.2) is 29.9 Å². The van der Waals surface area contributed by atoms with Crippen molar-refractivity contribution < 1.29 is 4.79 Å². The SMILES string of the molecule is CCCCC(=O)N1CC(C)C(N)C1. The summed E-state index contributed by atoms with van der Waals surface area (Å²) in [4.78, 5) is 13.5. The Hall–Kier alpha value is -0.570. The van der Waals surface area contributed by atoms with Gasteiger partial charge in [0.1, 0.15) is 0 Å². The minimum atomic E-state index is 0.186. The number of hydrogen-bond donors (Lipinski definition) is 1. The van der Waals surface area contributed by atoms with Crippen LogP contribution in [0.5, 0.6) is 0 Å². The van der Waals surface area contributed by atoms with Crippen molar-refractivity contribution in [3.63, 3.8) is 0 Å². The molecule has 1 heterocycles. The molecule has 0 aliphatic carbocycles. The molecule has 1 aliphatic rings. The lowest BCUT2D eigenvalue weighted by molar-refractivity contribution is -0.130. The van der Waals surface area contributed by atoms with Crippen molar-refractivity contribution in [2.24, 2.45) is 11.7 Å². The largest absolute Gasteiger partial charge is 0.341 e. The Bertz CT molecular complexity index is 172. The van der Waals surface area contributed by atoms with Gasteiger partial charge in [0.15, 0.2) is 0 Å². The van der Waals surface area contributed by atoms with Gasteiger partial charge in [0.25, 0.3) is 0 Å². The number of nitrogens with two attached hydrogens (primary N) is 1. The molecule has 0 saturated carbocycles. The van der Waals surface area contributed by atoms with Crippen LogP contribution < -0.4 is 5.73 Å². The number of carbonyl (C=O) groups is 1. The maximum atomic E-state index is 11.6. The van der Waals surface area contributed by atoms with E-state index in [0.29, 0.717) is 12.3 Å². The fourth-order valence-electron chi connectivity index (χ4n) is 1.68. The molecule has 0 bridgehead atoms. The first kappa shape index (κ1) is 10.5. The van der Waals surface area contributed by atoms with Crippen LogP contribution in [0.15, 0.2) is 0 Å². The molecule has 0 spiro atoms. The highest BCUT2D eigenvalue weighted by molar-refractivity contribution is 5.76. The van der Waals surface area contributed by atoms with Gasteiger partial charge in [0.05, 0.1) is 0 Å². The average molecular weight is 184 g/mol. The van der Waals surface area contributed by atoms with Crippen molar-refractivity contribution in [3.05, 3.63) is 0 Å². The minimum Gasteiger partial charge on any atom is -0.341 e. The molecule has 0 aromatic carbocycles. The van der Waals surface area contributed by atoms with Gasteiger partial charge in [-0.1, -0.05) is 20.3 Å². The molecular weight excluding hydrogens is 164 g/mol. The summed E-state index contributed by atoms with van der Waals surface area (Å²) in [6, 6.07) is 0.186. The van der Waals surface area contributed by atoms with Crippen LogP contribution in [0.1, 0.15) is 33.1 Å². The van der Waals surface area contributed by atoms with E-state index in [1.165, 1.54) is 0 Å². The summed E-state index contributed by atoms with van der Waals surface area (Å²) in [6.07, 6.45) is 2.77. The normalized spacial score (nSPS) is 28.1. The van der Waals surface area contributed by atoms with Crippen LogP contribution >= 0.6 is 0 Å². The maximum Gasteiger partial charge on any atom is 0.222 e. The van der Waals surface area contributed by atoms with E-state index in [1.807, 2.05) is 4.90 Å². The van der Waals surface area contributed by atoms with Gasteiger partial charge < -0.3 is 10.6 Å². The molecule has 1 fully saturated rings. The second-order valence-electron chi connectivity index (χ2n) is 4.04. The lowest BCUT2D eigenvalue weighted by Gasteiger charge is -2.15. The Balaban J connectivity index is 2.33. The van der Waals surface area contributed by atoms with Crippen molar-refractivity contribution in [2.75, 3.05) is 13.1 Å². The summed E-state index contributed by atoms with van der Waals surface area (Å²) in [5.41, 5.74) is 5.84.